The van der Waals surface area contributed by atoms with Crippen molar-refractivity contribution < 1.29 is 9.53 Å². The molecule has 2 atom stereocenters. The van der Waals surface area contributed by atoms with Crippen molar-refractivity contribution in [2.45, 2.75) is 70.1 Å². The Kier molecular flexibility index (Phi) is 6.23. The summed E-state index contributed by atoms with van der Waals surface area (Å²) in [5.74, 6) is 2.42. The molecule has 1 fully saturated rings. The van der Waals surface area contributed by atoms with Crippen LogP contribution in [-0.2, 0) is 11.2 Å². The zero-order valence-corrected chi connectivity index (χ0v) is 18.6. The van der Waals surface area contributed by atoms with E-state index in [0.29, 0.717) is 30.1 Å². The molecule has 0 saturated carbocycles. The first-order valence-corrected chi connectivity index (χ1v) is 11.8. The van der Waals surface area contributed by atoms with Gasteiger partial charge in [0, 0.05) is 30.8 Å². The van der Waals surface area contributed by atoms with E-state index >= 15 is 0 Å². The molecule has 1 saturated heterocycles. The topological polar surface area (TPSA) is 42.4 Å². The third-order valence-corrected chi connectivity index (χ3v) is 7.49. The number of carbonyl (C=O) groups excluding carboxylic acids is 1. The number of benzene rings is 1. The summed E-state index contributed by atoms with van der Waals surface area (Å²) in [5, 5.41) is 3.40. The Morgan fingerprint density at radius 3 is 2.93 bits per heavy atom. The van der Waals surface area contributed by atoms with Crippen LogP contribution in [0.4, 0.5) is 0 Å². The number of carbonyl (C=O) groups is 1. The number of nitrogens with zero attached hydrogens (tertiary/aromatic N) is 2. The van der Waals surface area contributed by atoms with Gasteiger partial charge in [0.25, 0.3) is 0 Å². The van der Waals surface area contributed by atoms with Gasteiger partial charge < -0.3 is 9.64 Å². The minimum Gasteiger partial charge on any atom is -0.497 e. The molecule has 5 heteroatoms. The number of thiazole rings is 1. The van der Waals surface area contributed by atoms with E-state index in [-0.39, 0.29) is 0 Å². The summed E-state index contributed by atoms with van der Waals surface area (Å²) in [6.45, 7) is 6.09. The third kappa shape index (κ3) is 4.50. The van der Waals surface area contributed by atoms with E-state index in [0.717, 1.165) is 50.9 Å². The van der Waals surface area contributed by atoms with Gasteiger partial charge in [-0.2, -0.15) is 0 Å². The Morgan fingerprint density at radius 2 is 2.17 bits per heavy atom. The zero-order chi connectivity index (χ0) is 20.4. The molecule has 0 bridgehead atoms. The van der Waals surface area contributed by atoms with Crippen molar-refractivity contribution in [3.05, 3.63) is 45.4 Å². The summed E-state index contributed by atoms with van der Waals surface area (Å²) in [7, 11) is 1.71. The van der Waals surface area contributed by atoms with Gasteiger partial charge in [-0.1, -0.05) is 19.9 Å². The number of hydrogen-bond donors (Lipinski definition) is 0. The number of hydrogen-bond acceptors (Lipinski definition) is 4. The highest BCUT2D eigenvalue weighted by Gasteiger charge is 2.30. The lowest BCUT2D eigenvalue weighted by atomic mass is 9.80. The molecule has 1 aliphatic carbocycles. The number of methoxy groups -OCH3 is 1. The number of ether oxygens (including phenoxy) is 1. The molecule has 0 radical (unpaired) electrons. The van der Waals surface area contributed by atoms with Gasteiger partial charge in [-0.05, 0) is 67.2 Å². The Bertz CT molecular complexity index is 860. The lowest BCUT2D eigenvalue weighted by Crippen LogP contribution is -2.39. The molecule has 2 heterocycles. The molecule has 4 nitrogen and oxygen atoms in total. The Morgan fingerprint density at radius 1 is 1.31 bits per heavy atom. The molecule has 0 unspecified atom stereocenters. The second kappa shape index (κ2) is 8.86. The maximum absolute atomic E-state index is 13.2. The Balaban J connectivity index is 1.42. The van der Waals surface area contributed by atoms with Crippen LogP contribution in [0.15, 0.2) is 23.6 Å². The number of piperidine rings is 1. The maximum Gasteiger partial charge on any atom is 0.223 e. The maximum atomic E-state index is 13.2. The van der Waals surface area contributed by atoms with Gasteiger partial charge >= 0.3 is 0 Å². The summed E-state index contributed by atoms with van der Waals surface area (Å²) in [4.78, 5) is 20.1. The van der Waals surface area contributed by atoms with Gasteiger partial charge in [0.05, 0.1) is 17.8 Å². The monoisotopic (exact) mass is 412 g/mol. The number of likely N-dealkylation sites (tertiary alicyclic amines) is 1. The largest absolute Gasteiger partial charge is 0.497 e. The first-order valence-electron chi connectivity index (χ1n) is 10.9. The van der Waals surface area contributed by atoms with Crippen molar-refractivity contribution in [1.82, 2.24) is 9.88 Å². The van der Waals surface area contributed by atoms with Gasteiger partial charge in [-0.15, -0.1) is 11.3 Å². The van der Waals surface area contributed by atoms with E-state index in [1.807, 2.05) is 6.07 Å². The van der Waals surface area contributed by atoms with Gasteiger partial charge in [0.2, 0.25) is 5.91 Å². The van der Waals surface area contributed by atoms with Crippen molar-refractivity contribution in [2.24, 2.45) is 0 Å². The molecule has 4 rings (SSSR count). The smallest absolute Gasteiger partial charge is 0.223 e. The average molecular weight is 413 g/mol. The number of amides is 1. The van der Waals surface area contributed by atoms with E-state index in [1.165, 1.54) is 21.8 Å². The standard InChI is InChI=1S/C24H32N2O2S/c1-16(2)22-15-29-24(25-22)19-8-5-11-26(14-19)23(27)13-18-7-4-6-17-12-20(28-3)9-10-21(17)18/h9-10,12,15-16,18-19H,4-8,11,13-14H2,1-3H3/t18-,19+/m0/s1. The summed E-state index contributed by atoms with van der Waals surface area (Å²) in [6.07, 6.45) is 6.18. The first-order chi connectivity index (χ1) is 14.0. The molecular weight excluding hydrogens is 380 g/mol. The normalized spacial score (nSPS) is 21.9. The molecule has 2 aliphatic rings. The number of rotatable bonds is 5. The van der Waals surface area contributed by atoms with Gasteiger partial charge in [0.1, 0.15) is 5.75 Å². The van der Waals surface area contributed by atoms with E-state index in [9.17, 15) is 4.79 Å². The van der Waals surface area contributed by atoms with Gasteiger partial charge in [0.15, 0.2) is 0 Å². The van der Waals surface area contributed by atoms with Crippen LogP contribution in [0.25, 0.3) is 0 Å². The molecule has 2 aromatic rings. The highest BCUT2D eigenvalue weighted by atomic mass is 32.1. The number of aromatic nitrogens is 1. The van der Waals surface area contributed by atoms with Crippen molar-refractivity contribution in [3.8, 4) is 5.75 Å². The highest BCUT2D eigenvalue weighted by molar-refractivity contribution is 7.09. The van der Waals surface area contributed by atoms with E-state index in [1.54, 1.807) is 18.4 Å². The van der Waals surface area contributed by atoms with Crippen LogP contribution < -0.4 is 4.74 Å². The lowest BCUT2D eigenvalue weighted by Gasteiger charge is -2.34. The van der Waals surface area contributed by atoms with Crippen LogP contribution in [-0.4, -0.2) is 36.0 Å². The fourth-order valence-corrected chi connectivity index (χ4v) is 5.84. The third-order valence-electron chi connectivity index (χ3n) is 6.46. The molecular formula is C24H32N2O2S. The minimum atomic E-state index is 0.309. The molecule has 1 aromatic heterocycles. The molecule has 1 aromatic carbocycles. The molecule has 1 aliphatic heterocycles. The van der Waals surface area contributed by atoms with Crippen LogP contribution in [0.1, 0.15) is 85.5 Å². The van der Waals surface area contributed by atoms with Crippen LogP contribution in [0.3, 0.4) is 0 Å². The SMILES string of the molecule is COc1ccc2c(c1)CCC[C@H]2CC(=O)N1CCC[C@@H](c2nc(C(C)C)cs2)C1. The molecule has 156 valence electrons. The van der Waals surface area contributed by atoms with Crippen LogP contribution in [0.5, 0.6) is 5.75 Å². The lowest BCUT2D eigenvalue weighted by molar-refractivity contribution is -0.132. The second-order valence-corrected chi connectivity index (χ2v) is 9.69. The first kappa shape index (κ1) is 20.4. The quantitative estimate of drug-likeness (QED) is 0.652. The predicted octanol–water partition coefficient (Wildman–Crippen LogP) is 5.49. The average Bonchev–Trinajstić information content (AvgIpc) is 3.24. The number of aryl methyl sites for hydroxylation is 1. The molecule has 1 amide bonds. The number of fused-ring (bicyclic) bond motifs is 1. The molecule has 0 N–H and O–H groups in total. The fourth-order valence-electron chi connectivity index (χ4n) is 4.73. The Labute approximate surface area is 178 Å². The summed E-state index contributed by atoms with van der Waals surface area (Å²) in [5.41, 5.74) is 3.89. The van der Waals surface area contributed by atoms with Crippen LogP contribution >= 0.6 is 11.3 Å². The Hall–Kier alpha value is -1.88. The van der Waals surface area contributed by atoms with Crippen LogP contribution in [0, 0.1) is 0 Å². The molecule has 0 spiro atoms. The summed E-state index contributed by atoms with van der Waals surface area (Å²) >= 11 is 1.77. The minimum absolute atomic E-state index is 0.309. The van der Waals surface area contributed by atoms with Gasteiger partial charge in [-0.25, -0.2) is 4.98 Å². The van der Waals surface area contributed by atoms with Crippen molar-refractivity contribution >= 4 is 17.2 Å². The van der Waals surface area contributed by atoms with Crippen molar-refractivity contribution in [3.63, 3.8) is 0 Å². The van der Waals surface area contributed by atoms with Gasteiger partial charge in [-0.3, -0.25) is 4.79 Å². The summed E-state index contributed by atoms with van der Waals surface area (Å²) < 4.78 is 5.38. The highest BCUT2D eigenvalue weighted by Crippen LogP contribution is 2.37. The van der Waals surface area contributed by atoms with E-state index in [2.05, 4.69) is 36.3 Å². The zero-order valence-electron chi connectivity index (χ0n) is 17.8. The van der Waals surface area contributed by atoms with Crippen molar-refractivity contribution in [2.75, 3.05) is 20.2 Å². The fraction of sp³-hybridized carbons (Fsp3) is 0.583. The van der Waals surface area contributed by atoms with E-state index in [4.69, 9.17) is 9.72 Å². The van der Waals surface area contributed by atoms with Crippen molar-refractivity contribution in [1.29, 1.82) is 0 Å². The second-order valence-electron chi connectivity index (χ2n) is 8.80. The molecule has 29 heavy (non-hydrogen) atoms. The van der Waals surface area contributed by atoms with E-state index < -0.39 is 0 Å². The predicted molar refractivity (Wildman–Crippen MR) is 118 cm³/mol. The summed E-state index contributed by atoms with van der Waals surface area (Å²) in [6, 6.07) is 6.36. The van der Waals surface area contributed by atoms with Crippen LogP contribution in [0.2, 0.25) is 0 Å².